The van der Waals surface area contributed by atoms with E-state index >= 15 is 0 Å². The molecule has 1 aliphatic carbocycles. The molecule has 9 heteroatoms. The van der Waals surface area contributed by atoms with Crippen LogP contribution in [0.1, 0.15) is 31.1 Å². The molecule has 1 saturated carbocycles. The van der Waals surface area contributed by atoms with Crippen LogP contribution in [0.15, 0.2) is 16.9 Å². The Bertz CT molecular complexity index is 984. The van der Waals surface area contributed by atoms with Gasteiger partial charge in [-0.1, -0.05) is 23.2 Å². The summed E-state index contributed by atoms with van der Waals surface area (Å²) in [6, 6.07) is 2.76. The van der Waals surface area contributed by atoms with Gasteiger partial charge in [-0.2, -0.15) is 0 Å². The quantitative estimate of drug-likeness (QED) is 0.799. The van der Waals surface area contributed by atoms with Crippen molar-refractivity contribution in [3.8, 4) is 0 Å². The monoisotopic (exact) mass is 403 g/mol. The number of hydrogen-bond acceptors (Lipinski definition) is 5. The van der Waals surface area contributed by atoms with Gasteiger partial charge in [0.05, 0.1) is 32.7 Å². The van der Waals surface area contributed by atoms with Gasteiger partial charge in [0, 0.05) is 12.8 Å². The highest BCUT2D eigenvalue weighted by Crippen LogP contribution is 2.39. The molecule has 2 N–H and O–H groups in total. The second-order valence-corrected chi connectivity index (χ2v) is 9.60. The van der Waals surface area contributed by atoms with Gasteiger partial charge in [0.25, 0.3) is 5.56 Å². The third-order valence-corrected chi connectivity index (χ3v) is 6.01. The average Bonchev–Trinajstić information content (AvgIpc) is 3.35. The second kappa shape index (κ2) is 6.87. The van der Waals surface area contributed by atoms with Crippen molar-refractivity contribution in [2.75, 3.05) is 12.0 Å². The molecule has 0 bridgehead atoms. The summed E-state index contributed by atoms with van der Waals surface area (Å²) in [5.74, 6) is 0.708. The van der Waals surface area contributed by atoms with Gasteiger partial charge in [0.2, 0.25) is 0 Å². The first-order valence-corrected chi connectivity index (χ1v) is 10.8. The Morgan fingerprint density at radius 1 is 1.32 bits per heavy atom. The van der Waals surface area contributed by atoms with E-state index in [9.17, 15) is 13.2 Å². The molecule has 1 heterocycles. The minimum absolute atomic E-state index is 0.0150. The van der Waals surface area contributed by atoms with Crippen LogP contribution in [-0.2, 0) is 16.4 Å². The van der Waals surface area contributed by atoms with Crippen LogP contribution < -0.4 is 11.3 Å². The number of aromatic nitrogens is 2. The molecule has 0 radical (unpaired) electrons. The van der Waals surface area contributed by atoms with Crippen molar-refractivity contribution in [3.05, 3.63) is 38.4 Å². The Balaban J connectivity index is 2.14. The summed E-state index contributed by atoms with van der Waals surface area (Å²) in [4.78, 5) is 17.5. The maximum absolute atomic E-state index is 13.0. The summed E-state index contributed by atoms with van der Waals surface area (Å²) in [6.07, 6.45) is 3.44. The van der Waals surface area contributed by atoms with E-state index in [0.29, 0.717) is 22.8 Å². The lowest BCUT2D eigenvalue weighted by molar-refractivity contribution is 0.515. The molecule has 3 rings (SSSR count). The fourth-order valence-electron chi connectivity index (χ4n) is 2.89. The van der Waals surface area contributed by atoms with E-state index in [1.165, 1.54) is 10.8 Å². The largest absolute Gasteiger partial charge is 0.321 e. The molecule has 1 atom stereocenters. The summed E-state index contributed by atoms with van der Waals surface area (Å²) >= 11 is 12.4. The third kappa shape index (κ3) is 4.00. The Hall–Kier alpha value is -1.15. The van der Waals surface area contributed by atoms with Crippen LogP contribution in [0.3, 0.4) is 0 Å². The van der Waals surface area contributed by atoms with Crippen LogP contribution in [0.25, 0.3) is 10.9 Å². The molecule has 136 valence electrons. The lowest BCUT2D eigenvalue weighted by Crippen LogP contribution is -2.31. The number of nitrogens with zero attached hydrogens (tertiary/aromatic N) is 2. The van der Waals surface area contributed by atoms with Crippen molar-refractivity contribution < 1.29 is 8.42 Å². The van der Waals surface area contributed by atoms with Crippen LogP contribution in [0.2, 0.25) is 10.0 Å². The van der Waals surface area contributed by atoms with E-state index < -0.39 is 9.84 Å². The highest BCUT2D eigenvalue weighted by atomic mass is 35.5. The Kier molecular flexibility index (Phi) is 5.12. The number of nitrogens with two attached hydrogens (primary N) is 1. The molecule has 1 aliphatic rings. The smallest absolute Gasteiger partial charge is 0.263 e. The van der Waals surface area contributed by atoms with Crippen molar-refractivity contribution in [2.45, 2.75) is 31.8 Å². The van der Waals surface area contributed by atoms with Gasteiger partial charge in [0.1, 0.15) is 15.7 Å². The van der Waals surface area contributed by atoms with Crippen molar-refractivity contribution in [3.63, 3.8) is 0 Å². The summed E-state index contributed by atoms with van der Waals surface area (Å²) in [6.45, 7) is 0.216. The number of fused-ring (bicyclic) bond motifs is 1. The Labute approximate surface area is 155 Å². The van der Waals surface area contributed by atoms with Gasteiger partial charge in [-0.3, -0.25) is 9.36 Å². The fourth-order valence-corrected chi connectivity index (χ4v) is 3.98. The number of hydrogen-bond donors (Lipinski definition) is 1. The van der Waals surface area contributed by atoms with E-state index in [0.717, 1.165) is 12.8 Å². The lowest BCUT2D eigenvalue weighted by Gasteiger charge is -2.18. The molecule has 0 aliphatic heterocycles. The van der Waals surface area contributed by atoms with Gasteiger partial charge in [-0.25, -0.2) is 13.4 Å². The van der Waals surface area contributed by atoms with Crippen LogP contribution in [0, 0.1) is 5.92 Å². The van der Waals surface area contributed by atoms with Crippen LogP contribution in [-0.4, -0.2) is 30.0 Å². The van der Waals surface area contributed by atoms with E-state index in [-0.39, 0.29) is 40.2 Å². The first kappa shape index (κ1) is 18.6. The predicted molar refractivity (Wildman–Crippen MR) is 100 cm³/mol. The molecule has 0 unspecified atom stereocenters. The fraction of sp³-hybridized carbons (Fsp3) is 0.500. The molecule has 1 aromatic heterocycles. The van der Waals surface area contributed by atoms with Crippen molar-refractivity contribution in [2.24, 2.45) is 11.7 Å². The van der Waals surface area contributed by atoms with Gasteiger partial charge in [0.15, 0.2) is 0 Å². The lowest BCUT2D eigenvalue weighted by atomic mass is 10.1. The van der Waals surface area contributed by atoms with Gasteiger partial charge < -0.3 is 5.73 Å². The number of benzene rings is 1. The first-order valence-electron chi connectivity index (χ1n) is 8.01. The van der Waals surface area contributed by atoms with Crippen molar-refractivity contribution in [1.29, 1.82) is 0 Å². The molecular weight excluding hydrogens is 385 g/mol. The molecule has 25 heavy (non-hydrogen) atoms. The van der Waals surface area contributed by atoms with E-state index in [2.05, 4.69) is 4.98 Å². The summed E-state index contributed by atoms with van der Waals surface area (Å²) in [5.41, 5.74) is 6.29. The molecule has 1 fully saturated rings. The van der Waals surface area contributed by atoms with Crippen molar-refractivity contribution in [1.82, 2.24) is 9.55 Å². The van der Waals surface area contributed by atoms with Gasteiger partial charge in [-0.05, 0) is 37.3 Å². The van der Waals surface area contributed by atoms with Crippen LogP contribution >= 0.6 is 23.2 Å². The third-order valence-electron chi connectivity index (χ3n) is 4.36. The van der Waals surface area contributed by atoms with Crippen LogP contribution in [0.4, 0.5) is 0 Å². The van der Waals surface area contributed by atoms with Gasteiger partial charge in [-0.15, -0.1) is 0 Å². The minimum atomic E-state index is -3.12. The molecular formula is C16H19Cl2N3O3S. The predicted octanol–water partition coefficient (Wildman–Crippen LogP) is 2.55. The van der Waals surface area contributed by atoms with E-state index in [1.807, 2.05) is 0 Å². The molecule has 2 aromatic rings. The minimum Gasteiger partial charge on any atom is -0.321 e. The highest BCUT2D eigenvalue weighted by molar-refractivity contribution is 7.90. The normalized spacial score (nSPS) is 16.3. The summed E-state index contributed by atoms with van der Waals surface area (Å²) in [5, 5.41) is 0.838. The molecule has 1 aromatic carbocycles. The SMILES string of the molecule is CS(=O)(=O)CCCn1c([C@@H](N)C2CC2)nc2c(Cl)ccc(Cl)c2c1=O. The maximum atomic E-state index is 13.0. The number of sulfone groups is 1. The molecule has 0 spiro atoms. The maximum Gasteiger partial charge on any atom is 0.263 e. The molecule has 0 amide bonds. The zero-order valence-corrected chi connectivity index (χ0v) is 16.0. The average molecular weight is 404 g/mol. The standard InChI is InChI=1S/C16H19Cl2N3O3S/c1-25(23,24)8-2-7-21-15(13(19)9-3-4-9)20-14-11(18)6-5-10(17)12(14)16(21)22/h5-6,9,13H,2-4,7-8,19H2,1H3/t13-/m0/s1. The molecule has 6 nitrogen and oxygen atoms in total. The Morgan fingerprint density at radius 3 is 2.56 bits per heavy atom. The highest BCUT2D eigenvalue weighted by Gasteiger charge is 2.33. The first-order chi connectivity index (χ1) is 11.7. The van der Waals surface area contributed by atoms with Gasteiger partial charge >= 0.3 is 0 Å². The number of halogens is 2. The zero-order valence-electron chi connectivity index (χ0n) is 13.7. The summed E-state index contributed by atoms with van der Waals surface area (Å²) in [7, 11) is -3.12. The van der Waals surface area contributed by atoms with Crippen molar-refractivity contribution >= 4 is 43.9 Å². The molecule has 0 saturated heterocycles. The summed E-state index contributed by atoms with van der Waals surface area (Å²) < 4.78 is 24.2. The van der Waals surface area contributed by atoms with E-state index in [4.69, 9.17) is 28.9 Å². The zero-order chi connectivity index (χ0) is 18.4. The second-order valence-electron chi connectivity index (χ2n) is 6.53. The van der Waals surface area contributed by atoms with Crippen LogP contribution in [0.5, 0.6) is 0 Å². The van der Waals surface area contributed by atoms with E-state index in [1.54, 1.807) is 12.1 Å². The Morgan fingerprint density at radius 2 is 1.96 bits per heavy atom. The topological polar surface area (TPSA) is 95.1 Å². The number of rotatable bonds is 6.